The van der Waals surface area contributed by atoms with E-state index in [1.807, 2.05) is 10.7 Å². The van der Waals surface area contributed by atoms with Gasteiger partial charge in [-0.25, -0.2) is 0 Å². The standard InChI is InChI=1S/C13H16N4OS/c1-14-13(18)12-8-16(6-10-3-5-19-9-10)7-11-2-4-15-17(11)12/h2-5,9,12H,6-8H2,1H3,(H,14,18)/t12-/m0/s1. The molecule has 19 heavy (non-hydrogen) atoms. The quantitative estimate of drug-likeness (QED) is 0.918. The van der Waals surface area contributed by atoms with Crippen molar-refractivity contribution < 1.29 is 4.79 Å². The smallest absolute Gasteiger partial charge is 0.245 e. The molecule has 1 aliphatic rings. The van der Waals surface area contributed by atoms with Crippen LogP contribution < -0.4 is 5.32 Å². The van der Waals surface area contributed by atoms with Gasteiger partial charge in [0, 0.05) is 32.9 Å². The molecule has 0 fully saturated rings. The van der Waals surface area contributed by atoms with E-state index < -0.39 is 0 Å². The molecule has 0 bridgehead atoms. The second-order valence-electron chi connectivity index (χ2n) is 4.70. The minimum atomic E-state index is -0.234. The zero-order valence-corrected chi connectivity index (χ0v) is 11.6. The van der Waals surface area contributed by atoms with Crippen LogP contribution in [0, 0.1) is 0 Å². The molecule has 0 aromatic carbocycles. The first-order chi connectivity index (χ1) is 9.28. The van der Waals surface area contributed by atoms with Crippen molar-refractivity contribution in [2.75, 3.05) is 13.6 Å². The van der Waals surface area contributed by atoms with Crippen molar-refractivity contribution in [1.82, 2.24) is 20.0 Å². The Morgan fingerprint density at radius 3 is 3.21 bits per heavy atom. The number of carbonyl (C=O) groups excluding carboxylic acids is 1. The SMILES string of the molecule is CNC(=O)[C@@H]1CN(Cc2ccsc2)Cc2ccnn21. The molecule has 2 aromatic rings. The summed E-state index contributed by atoms with van der Waals surface area (Å²) in [5.74, 6) is 0.0139. The van der Waals surface area contributed by atoms with Crippen LogP contribution >= 0.6 is 11.3 Å². The summed E-state index contributed by atoms with van der Waals surface area (Å²) in [5.41, 5.74) is 2.39. The number of carbonyl (C=O) groups is 1. The first-order valence-electron chi connectivity index (χ1n) is 6.25. The van der Waals surface area contributed by atoms with Crippen LogP contribution in [0.2, 0.25) is 0 Å². The average molecular weight is 276 g/mol. The van der Waals surface area contributed by atoms with Gasteiger partial charge in [0.05, 0.1) is 5.69 Å². The predicted octanol–water partition coefficient (Wildman–Crippen LogP) is 1.25. The van der Waals surface area contributed by atoms with E-state index in [9.17, 15) is 4.79 Å². The fraction of sp³-hybridized carbons (Fsp3) is 0.385. The van der Waals surface area contributed by atoms with Crippen LogP contribution in [-0.2, 0) is 17.9 Å². The highest BCUT2D eigenvalue weighted by Gasteiger charge is 2.30. The van der Waals surface area contributed by atoms with Gasteiger partial charge >= 0.3 is 0 Å². The monoisotopic (exact) mass is 276 g/mol. The molecule has 6 heteroatoms. The van der Waals surface area contributed by atoms with Gasteiger partial charge in [0.25, 0.3) is 0 Å². The van der Waals surface area contributed by atoms with Gasteiger partial charge in [-0.15, -0.1) is 0 Å². The van der Waals surface area contributed by atoms with Crippen LogP contribution in [0.25, 0.3) is 0 Å². The molecule has 0 spiro atoms. The molecule has 1 amide bonds. The molecule has 0 saturated heterocycles. The number of thiophene rings is 1. The molecule has 0 saturated carbocycles. The Hall–Kier alpha value is -1.66. The molecule has 3 heterocycles. The van der Waals surface area contributed by atoms with Crippen molar-refractivity contribution in [1.29, 1.82) is 0 Å². The Balaban J connectivity index is 1.82. The van der Waals surface area contributed by atoms with E-state index in [2.05, 4.69) is 32.1 Å². The van der Waals surface area contributed by atoms with Gasteiger partial charge in [-0.1, -0.05) is 0 Å². The zero-order chi connectivity index (χ0) is 13.2. The summed E-state index contributed by atoms with van der Waals surface area (Å²) in [6.45, 7) is 2.41. The number of fused-ring (bicyclic) bond motifs is 1. The van der Waals surface area contributed by atoms with Gasteiger partial charge in [0.15, 0.2) is 0 Å². The van der Waals surface area contributed by atoms with E-state index in [0.29, 0.717) is 6.54 Å². The first-order valence-corrected chi connectivity index (χ1v) is 7.19. The fourth-order valence-electron chi connectivity index (χ4n) is 2.48. The number of nitrogens with zero attached hydrogens (tertiary/aromatic N) is 3. The van der Waals surface area contributed by atoms with Crippen molar-refractivity contribution in [2.45, 2.75) is 19.1 Å². The summed E-state index contributed by atoms with van der Waals surface area (Å²) in [4.78, 5) is 14.3. The Bertz CT molecular complexity index is 563. The van der Waals surface area contributed by atoms with Gasteiger partial charge in [-0.05, 0) is 28.5 Å². The third kappa shape index (κ3) is 2.41. The lowest BCUT2D eigenvalue weighted by Gasteiger charge is -2.32. The van der Waals surface area contributed by atoms with Crippen molar-refractivity contribution in [3.63, 3.8) is 0 Å². The Morgan fingerprint density at radius 1 is 1.58 bits per heavy atom. The highest BCUT2D eigenvalue weighted by Crippen LogP contribution is 2.22. The third-order valence-corrected chi connectivity index (χ3v) is 4.13. The molecule has 100 valence electrons. The van der Waals surface area contributed by atoms with Crippen molar-refractivity contribution in [3.8, 4) is 0 Å². The second kappa shape index (κ2) is 5.14. The molecule has 1 N–H and O–H groups in total. The summed E-state index contributed by atoms with van der Waals surface area (Å²) in [7, 11) is 1.67. The topological polar surface area (TPSA) is 50.2 Å². The van der Waals surface area contributed by atoms with Crippen molar-refractivity contribution in [2.24, 2.45) is 0 Å². The van der Waals surface area contributed by atoms with Gasteiger partial charge in [-0.2, -0.15) is 16.4 Å². The van der Waals surface area contributed by atoms with Crippen LogP contribution in [0.3, 0.4) is 0 Å². The molecule has 0 unspecified atom stereocenters. The van der Waals surface area contributed by atoms with Gasteiger partial charge in [0.2, 0.25) is 5.91 Å². The van der Waals surface area contributed by atoms with E-state index in [1.165, 1.54) is 5.56 Å². The number of hydrogen-bond acceptors (Lipinski definition) is 4. The van der Waals surface area contributed by atoms with E-state index in [1.54, 1.807) is 24.6 Å². The molecule has 1 aliphatic heterocycles. The molecule has 1 atom stereocenters. The van der Waals surface area contributed by atoms with Crippen LogP contribution in [0.4, 0.5) is 0 Å². The number of amides is 1. The van der Waals surface area contributed by atoms with Crippen LogP contribution in [0.15, 0.2) is 29.1 Å². The second-order valence-corrected chi connectivity index (χ2v) is 5.48. The molecular weight excluding hydrogens is 260 g/mol. The summed E-state index contributed by atoms with van der Waals surface area (Å²) in [6, 6.07) is 3.88. The lowest BCUT2D eigenvalue weighted by atomic mass is 10.1. The van der Waals surface area contributed by atoms with E-state index in [-0.39, 0.29) is 11.9 Å². The van der Waals surface area contributed by atoms with Crippen molar-refractivity contribution >= 4 is 17.2 Å². The van der Waals surface area contributed by atoms with Crippen molar-refractivity contribution in [3.05, 3.63) is 40.3 Å². The average Bonchev–Trinajstić information content (AvgIpc) is 3.07. The third-order valence-electron chi connectivity index (χ3n) is 3.40. The lowest BCUT2D eigenvalue weighted by Crippen LogP contribution is -2.43. The first kappa shape index (κ1) is 12.4. The molecule has 5 nitrogen and oxygen atoms in total. The normalized spacial score (nSPS) is 19.1. The van der Waals surface area contributed by atoms with Crippen LogP contribution in [-0.4, -0.2) is 34.2 Å². The van der Waals surface area contributed by atoms with Gasteiger partial charge in [0.1, 0.15) is 6.04 Å². The summed E-state index contributed by atoms with van der Waals surface area (Å²) in [6.07, 6.45) is 1.76. The Kier molecular flexibility index (Phi) is 3.35. The molecule has 0 radical (unpaired) electrons. The number of aromatic nitrogens is 2. The van der Waals surface area contributed by atoms with Gasteiger partial charge in [-0.3, -0.25) is 14.4 Å². The highest BCUT2D eigenvalue weighted by molar-refractivity contribution is 7.07. The van der Waals surface area contributed by atoms with Crippen LogP contribution in [0.5, 0.6) is 0 Å². The lowest BCUT2D eigenvalue weighted by molar-refractivity contribution is -0.125. The maximum atomic E-state index is 12.0. The maximum Gasteiger partial charge on any atom is 0.245 e. The predicted molar refractivity (Wildman–Crippen MR) is 73.8 cm³/mol. The number of nitrogens with one attached hydrogen (secondary N) is 1. The minimum Gasteiger partial charge on any atom is -0.357 e. The number of likely N-dealkylation sites (N-methyl/N-ethyl adjacent to an activating group) is 1. The minimum absolute atomic E-state index is 0.0139. The maximum absolute atomic E-state index is 12.0. The molecule has 2 aromatic heterocycles. The van der Waals surface area contributed by atoms with Crippen LogP contribution in [0.1, 0.15) is 17.3 Å². The summed E-state index contributed by atoms with van der Waals surface area (Å²) < 4.78 is 1.84. The van der Waals surface area contributed by atoms with E-state index in [0.717, 1.165) is 18.8 Å². The number of hydrogen-bond donors (Lipinski definition) is 1. The molecular formula is C13H16N4OS. The Labute approximate surface area is 115 Å². The summed E-state index contributed by atoms with van der Waals surface area (Å²) >= 11 is 1.70. The molecule has 3 rings (SSSR count). The van der Waals surface area contributed by atoms with Gasteiger partial charge < -0.3 is 5.32 Å². The fourth-order valence-corrected chi connectivity index (χ4v) is 3.14. The summed E-state index contributed by atoms with van der Waals surface area (Å²) in [5, 5.41) is 11.2. The Morgan fingerprint density at radius 2 is 2.47 bits per heavy atom. The number of rotatable bonds is 3. The zero-order valence-electron chi connectivity index (χ0n) is 10.7. The van der Waals surface area contributed by atoms with E-state index in [4.69, 9.17) is 0 Å². The van der Waals surface area contributed by atoms with E-state index >= 15 is 0 Å². The highest BCUT2D eigenvalue weighted by atomic mass is 32.1. The molecule has 0 aliphatic carbocycles. The largest absolute Gasteiger partial charge is 0.357 e.